The first-order valence-electron chi connectivity index (χ1n) is 11.9. The fraction of sp³-hybridized carbons (Fsp3) is 0.571. The molecular formula is C28H42O. The number of phenols is 1. The van der Waals surface area contributed by atoms with Crippen molar-refractivity contribution in [3.8, 4) is 5.75 Å². The normalized spacial score (nSPS) is 12.8. The standard InChI is InChI=1S/C28H42O/c1-5-7-9-10-11-12-18-23(17-8-6-2)24-19-13-14-20-25(24)28(3,4)26-21-15-16-22-27(26)29/h13-16,19-23,29H,5-12,17-18H2,1-4H3. The van der Waals surface area contributed by atoms with Gasteiger partial charge in [-0.05, 0) is 36.0 Å². The molecule has 2 aromatic rings. The molecule has 1 nitrogen and oxygen atoms in total. The first-order chi connectivity index (χ1) is 14.0. The van der Waals surface area contributed by atoms with Crippen LogP contribution in [0.3, 0.4) is 0 Å². The minimum absolute atomic E-state index is 0.215. The monoisotopic (exact) mass is 394 g/mol. The summed E-state index contributed by atoms with van der Waals surface area (Å²) in [6.07, 6.45) is 13.2. The molecule has 0 saturated carbocycles. The van der Waals surface area contributed by atoms with Crippen LogP contribution in [0.4, 0.5) is 0 Å². The van der Waals surface area contributed by atoms with Crippen molar-refractivity contribution in [3.63, 3.8) is 0 Å². The molecule has 0 spiro atoms. The average molecular weight is 395 g/mol. The lowest BCUT2D eigenvalue weighted by Gasteiger charge is -2.32. The van der Waals surface area contributed by atoms with Gasteiger partial charge in [0.1, 0.15) is 5.75 Å². The predicted molar refractivity (Wildman–Crippen MR) is 127 cm³/mol. The summed E-state index contributed by atoms with van der Waals surface area (Å²) in [7, 11) is 0. The van der Waals surface area contributed by atoms with Crippen LogP contribution < -0.4 is 0 Å². The molecule has 0 aliphatic rings. The second-order valence-corrected chi connectivity index (χ2v) is 9.12. The predicted octanol–water partition coefficient (Wildman–Crippen LogP) is 8.74. The van der Waals surface area contributed by atoms with Crippen LogP contribution in [0.25, 0.3) is 0 Å². The van der Waals surface area contributed by atoms with Crippen molar-refractivity contribution >= 4 is 0 Å². The molecule has 2 aromatic carbocycles. The molecule has 29 heavy (non-hydrogen) atoms. The first kappa shape index (κ1) is 23.5. The molecule has 0 aliphatic heterocycles. The number of unbranched alkanes of at least 4 members (excludes halogenated alkanes) is 6. The number of benzene rings is 2. The van der Waals surface area contributed by atoms with Crippen LogP contribution in [0.1, 0.15) is 115 Å². The second-order valence-electron chi connectivity index (χ2n) is 9.12. The molecule has 0 heterocycles. The molecule has 1 N–H and O–H groups in total. The third-order valence-corrected chi connectivity index (χ3v) is 6.46. The summed E-state index contributed by atoms with van der Waals surface area (Å²) in [6, 6.07) is 16.8. The minimum Gasteiger partial charge on any atom is -0.508 e. The Labute approximate surface area is 179 Å². The number of hydrogen-bond donors (Lipinski definition) is 1. The molecule has 1 atom stereocenters. The van der Waals surface area contributed by atoms with Crippen LogP contribution in [0.2, 0.25) is 0 Å². The summed E-state index contributed by atoms with van der Waals surface area (Å²) in [6.45, 7) is 9.08. The van der Waals surface area contributed by atoms with E-state index >= 15 is 0 Å². The topological polar surface area (TPSA) is 20.2 Å². The van der Waals surface area contributed by atoms with Crippen LogP contribution in [0, 0.1) is 0 Å². The third-order valence-electron chi connectivity index (χ3n) is 6.46. The highest BCUT2D eigenvalue weighted by Gasteiger charge is 2.30. The van der Waals surface area contributed by atoms with Crippen molar-refractivity contribution in [2.45, 2.75) is 103 Å². The maximum absolute atomic E-state index is 10.5. The first-order valence-corrected chi connectivity index (χ1v) is 11.9. The molecule has 0 fully saturated rings. The Hall–Kier alpha value is -1.76. The van der Waals surface area contributed by atoms with E-state index in [4.69, 9.17) is 0 Å². The fourth-order valence-corrected chi connectivity index (χ4v) is 4.65. The Bertz CT molecular complexity index is 716. The zero-order valence-corrected chi connectivity index (χ0v) is 19.2. The molecule has 0 saturated heterocycles. The number of phenolic OH excluding ortho intramolecular Hbond substituents is 1. The number of rotatable bonds is 13. The van der Waals surface area contributed by atoms with Crippen molar-refractivity contribution < 1.29 is 5.11 Å². The quantitative estimate of drug-likeness (QED) is 0.337. The van der Waals surface area contributed by atoms with Crippen molar-refractivity contribution in [3.05, 3.63) is 65.2 Å². The van der Waals surface area contributed by atoms with E-state index < -0.39 is 0 Å². The highest BCUT2D eigenvalue weighted by Crippen LogP contribution is 2.42. The molecule has 2 rings (SSSR count). The van der Waals surface area contributed by atoms with E-state index in [1.807, 2.05) is 18.2 Å². The molecular weight excluding hydrogens is 352 g/mol. The van der Waals surface area contributed by atoms with Crippen LogP contribution in [0.15, 0.2) is 48.5 Å². The molecule has 0 aliphatic carbocycles. The SMILES string of the molecule is CCCCCCCCC(CCCC)c1ccccc1C(C)(C)c1ccccc1O. The second kappa shape index (κ2) is 12.1. The van der Waals surface area contributed by atoms with Crippen molar-refractivity contribution in [1.29, 1.82) is 0 Å². The van der Waals surface area contributed by atoms with Gasteiger partial charge in [-0.3, -0.25) is 0 Å². The zero-order valence-electron chi connectivity index (χ0n) is 19.2. The number of hydrogen-bond acceptors (Lipinski definition) is 1. The maximum Gasteiger partial charge on any atom is 0.119 e. The Morgan fingerprint density at radius 3 is 1.93 bits per heavy atom. The summed E-state index contributed by atoms with van der Waals surface area (Å²) >= 11 is 0. The van der Waals surface area contributed by atoms with Crippen LogP contribution in [0.5, 0.6) is 5.75 Å². The van der Waals surface area contributed by atoms with Gasteiger partial charge in [-0.2, -0.15) is 0 Å². The van der Waals surface area contributed by atoms with Gasteiger partial charge in [0.25, 0.3) is 0 Å². The number of para-hydroxylation sites is 1. The minimum atomic E-state index is -0.215. The molecule has 0 amide bonds. The highest BCUT2D eigenvalue weighted by molar-refractivity contribution is 5.48. The van der Waals surface area contributed by atoms with E-state index in [2.05, 4.69) is 58.0 Å². The van der Waals surface area contributed by atoms with Gasteiger partial charge < -0.3 is 5.11 Å². The van der Waals surface area contributed by atoms with Gasteiger partial charge in [0, 0.05) is 11.0 Å². The Morgan fingerprint density at radius 1 is 0.690 bits per heavy atom. The van der Waals surface area contributed by atoms with Gasteiger partial charge >= 0.3 is 0 Å². The fourth-order valence-electron chi connectivity index (χ4n) is 4.65. The lowest BCUT2D eigenvalue weighted by Crippen LogP contribution is -2.22. The van der Waals surface area contributed by atoms with Crippen molar-refractivity contribution in [2.24, 2.45) is 0 Å². The van der Waals surface area contributed by atoms with Gasteiger partial charge in [0.15, 0.2) is 0 Å². The summed E-state index contributed by atoms with van der Waals surface area (Å²) in [5.41, 5.74) is 3.66. The Kier molecular flexibility index (Phi) is 9.78. The lowest BCUT2D eigenvalue weighted by molar-refractivity contribution is 0.449. The molecule has 0 aromatic heterocycles. The van der Waals surface area contributed by atoms with Gasteiger partial charge in [-0.1, -0.05) is 122 Å². The van der Waals surface area contributed by atoms with Crippen molar-refractivity contribution in [1.82, 2.24) is 0 Å². The third kappa shape index (κ3) is 6.63. The van der Waals surface area contributed by atoms with E-state index in [1.54, 1.807) is 0 Å². The van der Waals surface area contributed by atoms with Gasteiger partial charge in [-0.25, -0.2) is 0 Å². The maximum atomic E-state index is 10.5. The van der Waals surface area contributed by atoms with E-state index in [9.17, 15) is 5.11 Å². The van der Waals surface area contributed by atoms with Crippen molar-refractivity contribution in [2.75, 3.05) is 0 Å². The zero-order chi connectivity index (χ0) is 21.1. The van der Waals surface area contributed by atoms with E-state index in [0.717, 1.165) is 5.56 Å². The Morgan fingerprint density at radius 2 is 1.24 bits per heavy atom. The summed E-state index contributed by atoms with van der Waals surface area (Å²) < 4.78 is 0. The van der Waals surface area contributed by atoms with E-state index in [1.165, 1.54) is 75.3 Å². The van der Waals surface area contributed by atoms with Gasteiger partial charge in [0.2, 0.25) is 0 Å². The lowest BCUT2D eigenvalue weighted by atomic mass is 9.72. The van der Waals surface area contributed by atoms with E-state index in [0.29, 0.717) is 11.7 Å². The van der Waals surface area contributed by atoms with E-state index in [-0.39, 0.29) is 5.41 Å². The largest absolute Gasteiger partial charge is 0.508 e. The van der Waals surface area contributed by atoms with Gasteiger partial charge in [0.05, 0.1) is 0 Å². The summed E-state index contributed by atoms with van der Waals surface area (Å²) in [5, 5.41) is 10.5. The number of aromatic hydroxyl groups is 1. The average Bonchev–Trinajstić information content (AvgIpc) is 2.73. The molecule has 0 bridgehead atoms. The van der Waals surface area contributed by atoms with Gasteiger partial charge in [-0.15, -0.1) is 0 Å². The molecule has 1 unspecified atom stereocenters. The van der Waals surface area contributed by atoms with Crippen LogP contribution >= 0.6 is 0 Å². The summed E-state index contributed by atoms with van der Waals surface area (Å²) in [5.74, 6) is 1.01. The highest BCUT2D eigenvalue weighted by atomic mass is 16.3. The van der Waals surface area contributed by atoms with Crippen LogP contribution in [-0.4, -0.2) is 5.11 Å². The molecule has 160 valence electrons. The Balaban J connectivity index is 2.24. The van der Waals surface area contributed by atoms with Crippen LogP contribution in [-0.2, 0) is 5.41 Å². The molecule has 0 radical (unpaired) electrons. The smallest absolute Gasteiger partial charge is 0.119 e. The summed E-state index contributed by atoms with van der Waals surface area (Å²) in [4.78, 5) is 0. The molecule has 1 heteroatoms.